The molecular formula is C31H40N2O8. The van der Waals surface area contributed by atoms with Crippen molar-refractivity contribution >= 4 is 29.4 Å². The SMILES string of the molecule is COC1/C=C/C=C/C=C/CC(OC(=O)C(C)NC(C)=O)C(C)C(O)/C(C)=C\CCC2=CC(=O)C=C(NC(=O)C1)C2=O. The van der Waals surface area contributed by atoms with Gasteiger partial charge in [-0.2, -0.15) is 0 Å². The highest BCUT2D eigenvalue weighted by Gasteiger charge is 2.30. The summed E-state index contributed by atoms with van der Waals surface area (Å²) in [6.45, 7) is 6.34. The van der Waals surface area contributed by atoms with Gasteiger partial charge in [-0.25, -0.2) is 4.79 Å². The molecule has 41 heavy (non-hydrogen) atoms. The average molecular weight is 569 g/mol. The minimum absolute atomic E-state index is 0.0593. The first-order valence-electron chi connectivity index (χ1n) is 13.6. The highest BCUT2D eigenvalue weighted by molar-refractivity contribution is 6.21. The van der Waals surface area contributed by atoms with Gasteiger partial charge in [-0.05, 0) is 38.3 Å². The number of hydrogen-bond acceptors (Lipinski definition) is 8. The molecule has 10 nitrogen and oxygen atoms in total. The molecule has 2 amide bonds. The van der Waals surface area contributed by atoms with Crippen LogP contribution in [0.1, 0.15) is 53.4 Å². The number of nitrogens with one attached hydrogen (secondary N) is 2. The van der Waals surface area contributed by atoms with Crippen molar-refractivity contribution in [3.05, 3.63) is 71.5 Å². The Balaban J connectivity index is 2.34. The second-order valence-electron chi connectivity index (χ2n) is 10.1. The molecule has 222 valence electrons. The van der Waals surface area contributed by atoms with Crippen molar-refractivity contribution < 1.29 is 38.6 Å². The molecule has 5 atom stereocenters. The van der Waals surface area contributed by atoms with Crippen LogP contribution in [0.2, 0.25) is 0 Å². The summed E-state index contributed by atoms with van der Waals surface area (Å²) >= 11 is 0. The van der Waals surface area contributed by atoms with Crippen LogP contribution < -0.4 is 10.6 Å². The predicted molar refractivity (Wildman–Crippen MR) is 153 cm³/mol. The standard InChI is InChI=1S/C31H40N2O8/c1-19-12-11-13-23-16-24(35)17-26(30(23)38)33-28(36)18-25(40-5)14-9-7-6-8-10-15-27(20(2)29(19)37)41-31(39)21(3)32-22(4)34/h6-10,12,14,16-17,20-21,25,27,29,37H,11,13,15,18H2,1-5H3,(H,32,34)(H,33,36)/b7-6+,10-8+,14-9+,19-12-. The Hall–Kier alpha value is -3.89. The molecule has 5 unspecified atom stereocenters. The van der Waals surface area contributed by atoms with Crippen molar-refractivity contribution in [3.63, 3.8) is 0 Å². The van der Waals surface area contributed by atoms with E-state index in [1.807, 2.05) is 0 Å². The summed E-state index contributed by atoms with van der Waals surface area (Å²) in [6, 6.07) is -0.856. The van der Waals surface area contributed by atoms with E-state index in [1.165, 1.54) is 27.0 Å². The first kappa shape index (κ1) is 33.3. The number of ketones is 2. The zero-order valence-electron chi connectivity index (χ0n) is 24.2. The van der Waals surface area contributed by atoms with E-state index in [2.05, 4.69) is 10.6 Å². The predicted octanol–water partition coefficient (Wildman–Crippen LogP) is 2.70. The summed E-state index contributed by atoms with van der Waals surface area (Å²) in [6.07, 6.45) is 13.2. The lowest BCUT2D eigenvalue weighted by molar-refractivity contribution is -0.156. The highest BCUT2D eigenvalue weighted by Crippen LogP contribution is 2.24. The summed E-state index contributed by atoms with van der Waals surface area (Å²) in [4.78, 5) is 61.8. The Kier molecular flexibility index (Phi) is 13.3. The van der Waals surface area contributed by atoms with Gasteiger partial charge >= 0.3 is 5.97 Å². The molecule has 0 aromatic carbocycles. The molecule has 1 aliphatic heterocycles. The van der Waals surface area contributed by atoms with Crippen LogP contribution in [0.5, 0.6) is 0 Å². The van der Waals surface area contributed by atoms with Gasteiger partial charge in [-0.1, -0.05) is 49.5 Å². The van der Waals surface area contributed by atoms with Crippen LogP contribution in [0.15, 0.2) is 71.5 Å². The number of methoxy groups -OCH3 is 1. The molecule has 2 aliphatic rings. The van der Waals surface area contributed by atoms with Crippen molar-refractivity contribution in [2.75, 3.05) is 7.11 Å². The number of fused-ring (bicyclic) bond motifs is 2. The van der Waals surface area contributed by atoms with Gasteiger partial charge in [-0.3, -0.25) is 19.2 Å². The van der Waals surface area contributed by atoms with Crippen molar-refractivity contribution in [3.8, 4) is 0 Å². The Morgan fingerprint density at radius 1 is 1.12 bits per heavy atom. The summed E-state index contributed by atoms with van der Waals surface area (Å²) in [7, 11) is 1.46. The average Bonchev–Trinajstić information content (AvgIpc) is 2.91. The third-order valence-electron chi connectivity index (χ3n) is 6.74. The lowest BCUT2D eigenvalue weighted by atomic mass is 9.90. The van der Waals surface area contributed by atoms with Crippen LogP contribution in [-0.4, -0.2) is 65.9 Å². The van der Waals surface area contributed by atoms with Crippen LogP contribution in [0, 0.1) is 5.92 Å². The number of aliphatic hydroxyl groups excluding tert-OH is 1. The molecule has 0 saturated carbocycles. The number of amides is 2. The number of carbonyl (C=O) groups excluding carboxylic acids is 5. The van der Waals surface area contributed by atoms with Crippen molar-refractivity contribution in [1.82, 2.24) is 10.6 Å². The van der Waals surface area contributed by atoms with E-state index in [-0.39, 0.29) is 30.0 Å². The topological polar surface area (TPSA) is 148 Å². The van der Waals surface area contributed by atoms with E-state index >= 15 is 0 Å². The lowest BCUT2D eigenvalue weighted by Crippen LogP contribution is -2.42. The molecule has 0 fully saturated rings. The third-order valence-corrected chi connectivity index (χ3v) is 6.74. The van der Waals surface area contributed by atoms with Crippen LogP contribution in [0.3, 0.4) is 0 Å². The van der Waals surface area contributed by atoms with Gasteiger partial charge in [0.05, 0.1) is 24.3 Å². The zero-order valence-corrected chi connectivity index (χ0v) is 24.2. The molecule has 0 aromatic rings. The Bertz CT molecular complexity index is 1190. The van der Waals surface area contributed by atoms with E-state index in [1.54, 1.807) is 56.4 Å². The highest BCUT2D eigenvalue weighted by atomic mass is 16.5. The normalized spacial score (nSPS) is 29.2. The fraction of sp³-hybridized carbons (Fsp3) is 0.452. The fourth-order valence-electron chi connectivity index (χ4n) is 4.34. The van der Waals surface area contributed by atoms with Gasteiger partial charge < -0.3 is 25.2 Å². The quantitative estimate of drug-likeness (QED) is 0.266. The second kappa shape index (κ2) is 16.4. The van der Waals surface area contributed by atoms with E-state index in [4.69, 9.17) is 9.47 Å². The van der Waals surface area contributed by atoms with Crippen LogP contribution >= 0.6 is 0 Å². The molecule has 0 aromatic heterocycles. The van der Waals surface area contributed by atoms with Gasteiger partial charge in [0.1, 0.15) is 12.1 Å². The van der Waals surface area contributed by atoms with E-state index in [0.29, 0.717) is 18.4 Å². The molecule has 10 heteroatoms. The minimum Gasteiger partial charge on any atom is -0.460 e. The maximum atomic E-state index is 12.9. The Morgan fingerprint density at radius 3 is 2.51 bits per heavy atom. The van der Waals surface area contributed by atoms with E-state index in [9.17, 15) is 29.1 Å². The maximum absolute atomic E-state index is 12.9. The molecular weight excluding hydrogens is 528 g/mol. The summed E-state index contributed by atoms with van der Waals surface area (Å²) in [5.41, 5.74) is 0.778. The smallest absolute Gasteiger partial charge is 0.328 e. The van der Waals surface area contributed by atoms with E-state index in [0.717, 1.165) is 6.08 Å². The Labute approximate surface area is 240 Å². The summed E-state index contributed by atoms with van der Waals surface area (Å²) < 4.78 is 11.0. The van der Waals surface area contributed by atoms with Crippen LogP contribution in [0.25, 0.3) is 0 Å². The molecule has 1 heterocycles. The lowest BCUT2D eigenvalue weighted by Gasteiger charge is -2.29. The van der Waals surface area contributed by atoms with Crippen molar-refractivity contribution in [1.29, 1.82) is 0 Å². The fourth-order valence-corrected chi connectivity index (χ4v) is 4.34. The molecule has 0 saturated heterocycles. The van der Waals surface area contributed by atoms with E-state index < -0.39 is 53.7 Å². The minimum atomic E-state index is -0.969. The summed E-state index contributed by atoms with van der Waals surface area (Å²) in [5.74, 6) is -2.80. The van der Waals surface area contributed by atoms with Gasteiger partial charge in [0.25, 0.3) is 0 Å². The molecule has 0 radical (unpaired) electrons. The van der Waals surface area contributed by atoms with Crippen molar-refractivity contribution in [2.45, 2.75) is 77.7 Å². The number of rotatable bonds is 4. The molecule has 2 rings (SSSR count). The van der Waals surface area contributed by atoms with Gasteiger partial charge in [0.2, 0.25) is 17.6 Å². The molecule has 0 spiro atoms. The largest absolute Gasteiger partial charge is 0.460 e. The number of carbonyl (C=O) groups is 5. The number of esters is 1. The maximum Gasteiger partial charge on any atom is 0.328 e. The zero-order chi connectivity index (χ0) is 30.5. The first-order valence-corrected chi connectivity index (χ1v) is 13.6. The summed E-state index contributed by atoms with van der Waals surface area (Å²) in [5, 5.41) is 16.1. The number of hydrogen-bond donors (Lipinski definition) is 3. The van der Waals surface area contributed by atoms with Crippen LogP contribution in [0.4, 0.5) is 0 Å². The molecule has 3 N–H and O–H groups in total. The number of aliphatic hydroxyl groups is 1. The first-order chi connectivity index (χ1) is 19.4. The Morgan fingerprint density at radius 2 is 1.83 bits per heavy atom. The van der Waals surface area contributed by atoms with Gasteiger partial charge in [-0.15, -0.1) is 0 Å². The third kappa shape index (κ3) is 10.9. The second-order valence-corrected chi connectivity index (χ2v) is 10.1. The van der Waals surface area contributed by atoms with Crippen molar-refractivity contribution in [2.24, 2.45) is 5.92 Å². The molecule has 2 bridgehead atoms. The molecule has 1 aliphatic carbocycles. The number of allylic oxidation sites excluding steroid dienone is 8. The van der Waals surface area contributed by atoms with Crippen LogP contribution in [-0.2, 0) is 33.4 Å². The van der Waals surface area contributed by atoms with Gasteiger partial charge in [0.15, 0.2) is 5.78 Å². The number of ether oxygens (including phenoxy) is 2. The van der Waals surface area contributed by atoms with Gasteiger partial charge in [0, 0.05) is 38.0 Å². The monoisotopic (exact) mass is 568 g/mol. The number of Topliss-reactive ketones (excluding diaryl/α,β-unsaturated/α-hetero) is 1.